The summed E-state index contributed by atoms with van der Waals surface area (Å²) in [5, 5.41) is 0. The van der Waals surface area contributed by atoms with E-state index in [0.717, 1.165) is 148 Å². The highest BCUT2D eigenvalue weighted by molar-refractivity contribution is 5.71. The van der Waals surface area contributed by atoms with Crippen LogP contribution in [0.2, 0.25) is 0 Å². The van der Waals surface area contributed by atoms with Gasteiger partial charge in [-0.05, 0) is 109 Å². The van der Waals surface area contributed by atoms with Gasteiger partial charge in [0.05, 0.1) is 0 Å². The summed E-state index contributed by atoms with van der Waals surface area (Å²) in [5.41, 5.74) is 0. The number of ether oxygens (including phenoxy) is 3. The van der Waals surface area contributed by atoms with Crippen molar-refractivity contribution in [1.82, 2.24) is 0 Å². The highest BCUT2D eigenvalue weighted by atomic mass is 16.6. The van der Waals surface area contributed by atoms with Crippen LogP contribution in [0.5, 0.6) is 0 Å². The molecule has 0 N–H and O–H groups in total. The highest BCUT2D eigenvalue weighted by Gasteiger charge is 2.19. The van der Waals surface area contributed by atoms with Crippen molar-refractivity contribution in [3.63, 3.8) is 0 Å². The third kappa shape index (κ3) is 49.3. The molecule has 0 aliphatic rings. The molecule has 0 saturated heterocycles. The third-order valence-electron chi connectivity index (χ3n) is 10.8. The van der Waals surface area contributed by atoms with Crippen LogP contribution in [0.25, 0.3) is 0 Å². The maximum atomic E-state index is 12.8. The van der Waals surface area contributed by atoms with Gasteiger partial charge >= 0.3 is 17.9 Å². The standard InChI is InChI=1S/C58H96O6/c1-4-7-10-13-16-19-22-25-28-31-34-37-40-43-46-49-52-58(61)64-55(53-62-56(59)50-47-44-41-38-35-32-29-26-23-20-17-14-11-8-5-2)54-63-57(60)51-48-45-42-39-36-33-30-27-24-21-18-15-12-9-6-3/h8-9,11-13,16-18,20-22,25-27,29-30,55H,4-7,10,14-15,19,23-24,28,31-54H2,1-3H3/b11-8-,12-9-,16-13-,20-17-,21-18-,25-22-,29-26-,30-27-. The van der Waals surface area contributed by atoms with Crippen LogP contribution in [0.4, 0.5) is 0 Å². The minimum atomic E-state index is -0.797. The number of esters is 3. The Morgan fingerprint density at radius 1 is 0.328 bits per heavy atom. The second-order valence-corrected chi connectivity index (χ2v) is 17.0. The monoisotopic (exact) mass is 889 g/mol. The number of allylic oxidation sites excluding steroid dienone is 16. The summed E-state index contributed by atoms with van der Waals surface area (Å²) in [6, 6.07) is 0. The lowest BCUT2D eigenvalue weighted by Crippen LogP contribution is -2.30. The fourth-order valence-electron chi connectivity index (χ4n) is 6.90. The predicted molar refractivity (Wildman–Crippen MR) is 274 cm³/mol. The second kappa shape index (κ2) is 52.0. The Balaban J connectivity index is 4.47. The molecule has 0 amide bonds. The van der Waals surface area contributed by atoms with E-state index in [0.29, 0.717) is 19.3 Å². The molecule has 0 aromatic rings. The SMILES string of the molecule is CC/C=C\C/C=C\C/C=C\CCCCCCCC(=O)OCC(COC(=O)CCCCCCC/C=C\C/C=C\C/C=C\CC)OC(=O)CCCCCCCCC/C=C\C/C=C\CCCC. The first kappa shape index (κ1) is 60.3. The van der Waals surface area contributed by atoms with Crippen molar-refractivity contribution in [3.8, 4) is 0 Å². The predicted octanol–water partition coefficient (Wildman–Crippen LogP) is 17.4. The summed E-state index contributed by atoms with van der Waals surface area (Å²) >= 11 is 0. The van der Waals surface area contributed by atoms with E-state index in [1.807, 2.05) is 0 Å². The molecule has 0 fully saturated rings. The van der Waals surface area contributed by atoms with Crippen LogP contribution >= 0.6 is 0 Å². The molecule has 0 saturated carbocycles. The molecule has 6 heteroatoms. The number of rotatable bonds is 46. The molecule has 0 aromatic heterocycles. The topological polar surface area (TPSA) is 78.9 Å². The maximum absolute atomic E-state index is 12.8. The van der Waals surface area contributed by atoms with E-state index in [4.69, 9.17) is 14.2 Å². The number of hydrogen-bond acceptors (Lipinski definition) is 6. The van der Waals surface area contributed by atoms with Crippen LogP contribution in [-0.4, -0.2) is 37.2 Å². The molecular weight excluding hydrogens is 793 g/mol. The number of carbonyl (C=O) groups excluding carboxylic acids is 3. The van der Waals surface area contributed by atoms with Crippen LogP contribution in [0.3, 0.4) is 0 Å². The van der Waals surface area contributed by atoms with Crippen LogP contribution < -0.4 is 0 Å². The number of hydrogen-bond donors (Lipinski definition) is 0. The van der Waals surface area contributed by atoms with Gasteiger partial charge in [-0.1, -0.05) is 201 Å². The first-order valence-corrected chi connectivity index (χ1v) is 26.2. The van der Waals surface area contributed by atoms with Crippen molar-refractivity contribution in [1.29, 1.82) is 0 Å². The van der Waals surface area contributed by atoms with E-state index < -0.39 is 6.10 Å². The van der Waals surface area contributed by atoms with E-state index in [-0.39, 0.29) is 31.1 Å². The molecule has 0 spiro atoms. The lowest BCUT2D eigenvalue weighted by molar-refractivity contribution is -0.167. The molecular formula is C58H96O6. The highest BCUT2D eigenvalue weighted by Crippen LogP contribution is 2.14. The van der Waals surface area contributed by atoms with Gasteiger partial charge in [-0.3, -0.25) is 14.4 Å². The van der Waals surface area contributed by atoms with Gasteiger partial charge in [-0.25, -0.2) is 0 Å². The Hall–Kier alpha value is -3.67. The normalized spacial score (nSPS) is 12.4. The van der Waals surface area contributed by atoms with Gasteiger partial charge in [0.1, 0.15) is 13.2 Å². The van der Waals surface area contributed by atoms with Crippen molar-refractivity contribution in [2.24, 2.45) is 0 Å². The summed E-state index contributed by atoms with van der Waals surface area (Å²) in [7, 11) is 0. The molecule has 6 nitrogen and oxygen atoms in total. The summed E-state index contributed by atoms with van der Waals surface area (Å²) in [4.78, 5) is 38.0. The van der Waals surface area contributed by atoms with E-state index in [1.165, 1.54) is 44.9 Å². The molecule has 0 aromatic carbocycles. The number of carbonyl (C=O) groups is 3. The molecule has 0 unspecified atom stereocenters. The lowest BCUT2D eigenvalue weighted by Gasteiger charge is -2.18. The Morgan fingerprint density at radius 3 is 0.953 bits per heavy atom. The molecule has 364 valence electrons. The molecule has 0 heterocycles. The average molecular weight is 889 g/mol. The van der Waals surface area contributed by atoms with Gasteiger partial charge in [-0.15, -0.1) is 0 Å². The summed E-state index contributed by atoms with van der Waals surface area (Å²) in [5.74, 6) is -0.939. The Labute approximate surface area is 394 Å². The average Bonchev–Trinajstić information content (AvgIpc) is 3.29. The zero-order valence-electron chi connectivity index (χ0n) is 41.5. The van der Waals surface area contributed by atoms with Crippen molar-refractivity contribution >= 4 is 17.9 Å². The molecule has 0 atom stereocenters. The number of unbranched alkanes of at least 4 members (excludes halogenated alkanes) is 19. The van der Waals surface area contributed by atoms with Crippen LogP contribution in [0.15, 0.2) is 97.2 Å². The van der Waals surface area contributed by atoms with Crippen LogP contribution in [0.1, 0.15) is 233 Å². The molecule has 0 aliphatic carbocycles. The van der Waals surface area contributed by atoms with Crippen molar-refractivity contribution in [2.45, 2.75) is 239 Å². The Kier molecular flexibility index (Phi) is 49.0. The largest absolute Gasteiger partial charge is 0.462 e. The second-order valence-electron chi connectivity index (χ2n) is 17.0. The van der Waals surface area contributed by atoms with E-state index in [2.05, 4.69) is 118 Å². The van der Waals surface area contributed by atoms with E-state index >= 15 is 0 Å². The zero-order chi connectivity index (χ0) is 46.5. The fourth-order valence-corrected chi connectivity index (χ4v) is 6.90. The first-order valence-electron chi connectivity index (χ1n) is 26.2. The quantitative estimate of drug-likeness (QED) is 0.0262. The van der Waals surface area contributed by atoms with Crippen molar-refractivity contribution in [3.05, 3.63) is 97.2 Å². The van der Waals surface area contributed by atoms with Gasteiger partial charge in [0, 0.05) is 19.3 Å². The van der Waals surface area contributed by atoms with E-state index in [9.17, 15) is 14.4 Å². The maximum Gasteiger partial charge on any atom is 0.306 e. The van der Waals surface area contributed by atoms with Gasteiger partial charge < -0.3 is 14.2 Å². The minimum absolute atomic E-state index is 0.0965. The third-order valence-corrected chi connectivity index (χ3v) is 10.8. The van der Waals surface area contributed by atoms with Gasteiger partial charge in [0.25, 0.3) is 0 Å². The summed E-state index contributed by atoms with van der Waals surface area (Å²) in [6.45, 7) is 6.33. The molecule has 0 bridgehead atoms. The van der Waals surface area contributed by atoms with Crippen LogP contribution in [-0.2, 0) is 28.6 Å². The van der Waals surface area contributed by atoms with Gasteiger partial charge in [-0.2, -0.15) is 0 Å². The fraction of sp³-hybridized carbons (Fsp3) is 0.672. The Bertz CT molecular complexity index is 1230. The molecule has 0 radical (unpaired) electrons. The minimum Gasteiger partial charge on any atom is -0.462 e. The van der Waals surface area contributed by atoms with Crippen molar-refractivity contribution < 1.29 is 28.6 Å². The Morgan fingerprint density at radius 2 is 0.609 bits per heavy atom. The zero-order valence-corrected chi connectivity index (χ0v) is 41.5. The first-order chi connectivity index (χ1) is 31.5. The lowest BCUT2D eigenvalue weighted by atomic mass is 10.1. The van der Waals surface area contributed by atoms with E-state index in [1.54, 1.807) is 0 Å². The molecule has 0 rings (SSSR count). The molecule has 0 aliphatic heterocycles. The summed E-state index contributed by atoms with van der Waals surface area (Å²) < 4.78 is 16.8. The summed E-state index contributed by atoms with van der Waals surface area (Å²) in [6.07, 6.45) is 68.1. The van der Waals surface area contributed by atoms with Crippen molar-refractivity contribution in [2.75, 3.05) is 13.2 Å². The molecule has 64 heavy (non-hydrogen) atoms. The van der Waals surface area contributed by atoms with Gasteiger partial charge in [0.2, 0.25) is 0 Å². The van der Waals surface area contributed by atoms with Crippen LogP contribution in [0, 0.1) is 0 Å². The smallest absolute Gasteiger partial charge is 0.306 e. The van der Waals surface area contributed by atoms with Gasteiger partial charge in [0.15, 0.2) is 6.10 Å².